The summed E-state index contributed by atoms with van der Waals surface area (Å²) in [5.74, 6) is 1.93. The van der Waals surface area contributed by atoms with Gasteiger partial charge in [-0.3, -0.25) is 0 Å². The van der Waals surface area contributed by atoms with Gasteiger partial charge >= 0.3 is 0 Å². The largest absolute Gasteiger partial charge is 0.497 e. The zero-order valence-corrected chi connectivity index (χ0v) is 8.70. The van der Waals surface area contributed by atoms with Gasteiger partial charge in [0.25, 0.3) is 0 Å². The molecule has 0 aliphatic heterocycles. The van der Waals surface area contributed by atoms with Crippen LogP contribution in [0.3, 0.4) is 0 Å². The number of ether oxygens (including phenoxy) is 1. The average molecular weight is 200 g/mol. The average Bonchev–Trinajstić information content (AvgIpc) is 2.15. The molecule has 0 fully saturated rings. The van der Waals surface area contributed by atoms with E-state index in [2.05, 4.69) is 24.8 Å². The fourth-order valence-electron chi connectivity index (χ4n) is 0.885. The van der Waals surface area contributed by atoms with Gasteiger partial charge in [-0.2, -0.15) is 12.6 Å². The van der Waals surface area contributed by atoms with Gasteiger partial charge in [0.15, 0.2) is 0 Å². The molecular formula is C9H12OS2. The van der Waals surface area contributed by atoms with E-state index < -0.39 is 0 Å². The summed E-state index contributed by atoms with van der Waals surface area (Å²) >= 11 is 5.93. The van der Waals surface area contributed by atoms with Crippen LogP contribution >= 0.6 is 24.4 Å². The highest BCUT2D eigenvalue weighted by Crippen LogP contribution is 2.16. The van der Waals surface area contributed by atoms with Crippen LogP contribution in [0.15, 0.2) is 24.3 Å². The van der Waals surface area contributed by atoms with Crippen LogP contribution in [0.2, 0.25) is 0 Å². The molecule has 0 N–H and O–H groups in total. The first-order valence-electron chi connectivity index (χ1n) is 3.68. The lowest BCUT2D eigenvalue weighted by atomic mass is 10.2. The fourth-order valence-corrected chi connectivity index (χ4v) is 1.68. The molecule has 0 saturated carbocycles. The highest BCUT2D eigenvalue weighted by Gasteiger charge is 1.93. The number of hydrogen-bond acceptors (Lipinski definition) is 3. The maximum atomic E-state index is 5.05. The minimum atomic E-state index is 0.867. The van der Waals surface area contributed by atoms with Gasteiger partial charge in [0.1, 0.15) is 5.75 Å². The molecule has 0 spiro atoms. The molecule has 66 valence electrons. The molecule has 1 aromatic carbocycles. The molecule has 0 radical (unpaired) electrons. The van der Waals surface area contributed by atoms with E-state index in [1.807, 2.05) is 12.1 Å². The summed E-state index contributed by atoms with van der Waals surface area (Å²) in [7, 11) is 1.68. The van der Waals surface area contributed by atoms with Crippen molar-refractivity contribution >= 4 is 24.4 Å². The lowest BCUT2D eigenvalue weighted by Gasteiger charge is -2.01. The molecule has 0 saturated heterocycles. The number of rotatable bonds is 4. The monoisotopic (exact) mass is 200 g/mol. The van der Waals surface area contributed by atoms with Crippen molar-refractivity contribution in [2.24, 2.45) is 0 Å². The molecular weight excluding hydrogens is 188 g/mol. The lowest BCUT2D eigenvalue weighted by Crippen LogP contribution is -1.83. The first kappa shape index (κ1) is 9.81. The Bertz CT molecular complexity index is 220. The highest BCUT2D eigenvalue weighted by atomic mass is 32.2. The van der Waals surface area contributed by atoms with Gasteiger partial charge in [0, 0.05) is 10.8 Å². The van der Waals surface area contributed by atoms with Crippen LogP contribution in [0.4, 0.5) is 0 Å². The van der Waals surface area contributed by atoms with E-state index in [1.54, 1.807) is 18.9 Å². The van der Waals surface area contributed by atoms with E-state index in [0.717, 1.165) is 16.6 Å². The molecule has 1 nitrogen and oxygen atoms in total. The molecule has 0 aromatic heterocycles. The third kappa shape index (κ3) is 2.99. The van der Waals surface area contributed by atoms with Crippen LogP contribution in [0, 0.1) is 0 Å². The zero-order valence-electron chi connectivity index (χ0n) is 6.99. The molecule has 12 heavy (non-hydrogen) atoms. The van der Waals surface area contributed by atoms with E-state index in [-0.39, 0.29) is 0 Å². The maximum absolute atomic E-state index is 5.05. The van der Waals surface area contributed by atoms with Crippen molar-refractivity contribution in [3.8, 4) is 5.75 Å². The maximum Gasteiger partial charge on any atom is 0.118 e. The van der Waals surface area contributed by atoms with Crippen molar-refractivity contribution < 1.29 is 4.74 Å². The number of thioether (sulfide) groups is 1. The van der Waals surface area contributed by atoms with Gasteiger partial charge in [0.2, 0.25) is 0 Å². The lowest BCUT2D eigenvalue weighted by molar-refractivity contribution is 0.414. The van der Waals surface area contributed by atoms with Crippen LogP contribution < -0.4 is 4.74 Å². The van der Waals surface area contributed by atoms with Crippen molar-refractivity contribution in [2.45, 2.75) is 5.75 Å². The summed E-state index contributed by atoms with van der Waals surface area (Å²) in [4.78, 5) is 0. The topological polar surface area (TPSA) is 9.23 Å². The molecule has 0 bridgehead atoms. The highest BCUT2D eigenvalue weighted by molar-refractivity contribution is 8.08. The Morgan fingerprint density at radius 3 is 2.50 bits per heavy atom. The molecule has 0 atom stereocenters. The van der Waals surface area contributed by atoms with Crippen molar-refractivity contribution in [3.63, 3.8) is 0 Å². The molecule has 0 aliphatic rings. The molecule has 0 unspecified atom stereocenters. The number of methoxy groups -OCH3 is 1. The molecule has 1 rings (SSSR count). The Labute approximate surface area is 82.9 Å². The minimum absolute atomic E-state index is 0.867. The SMILES string of the molecule is COc1ccc(CSCS)cc1. The Morgan fingerprint density at radius 2 is 2.00 bits per heavy atom. The first-order valence-corrected chi connectivity index (χ1v) is 5.47. The summed E-state index contributed by atoms with van der Waals surface area (Å²) < 4.78 is 5.05. The Morgan fingerprint density at radius 1 is 1.33 bits per heavy atom. The molecule has 0 aliphatic carbocycles. The van der Waals surface area contributed by atoms with Crippen molar-refractivity contribution in [1.29, 1.82) is 0 Å². The number of thiol groups is 1. The summed E-state index contributed by atoms with van der Waals surface area (Å²) in [6.45, 7) is 0. The van der Waals surface area contributed by atoms with E-state index in [4.69, 9.17) is 4.74 Å². The molecule has 3 heteroatoms. The second kappa shape index (κ2) is 5.38. The van der Waals surface area contributed by atoms with Crippen molar-refractivity contribution in [3.05, 3.63) is 29.8 Å². The Kier molecular flexibility index (Phi) is 4.40. The summed E-state index contributed by atoms with van der Waals surface area (Å²) in [5.41, 5.74) is 1.31. The van der Waals surface area contributed by atoms with Crippen LogP contribution in [-0.2, 0) is 5.75 Å². The van der Waals surface area contributed by atoms with Crippen LogP contribution in [0.1, 0.15) is 5.56 Å². The van der Waals surface area contributed by atoms with Crippen LogP contribution in [-0.4, -0.2) is 12.2 Å². The second-order valence-corrected chi connectivity index (χ2v) is 4.06. The predicted molar refractivity (Wildman–Crippen MR) is 58.1 cm³/mol. The van der Waals surface area contributed by atoms with Crippen LogP contribution in [0.5, 0.6) is 5.75 Å². The Balaban J connectivity index is 2.53. The molecule has 0 heterocycles. The zero-order chi connectivity index (χ0) is 8.81. The van der Waals surface area contributed by atoms with E-state index >= 15 is 0 Å². The third-order valence-corrected chi connectivity index (χ3v) is 2.79. The van der Waals surface area contributed by atoms with E-state index in [0.29, 0.717) is 0 Å². The summed E-state index contributed by atoms with van der Waals surface area (Å²) in [5, 5.41) is 0.867. The predicted octanol–water partition coefficient (Wildman–Crippen LogP) is 2.82. The smallest absolute Gasteiger partial charge is 0.118 e. The van der Waals surface area contributed by atoms with Gasteiger partial charge in [-0.05, 0) is 17.7 Å². The van der Waals surface area contributed by atoms with E-state index in [9.17, 15) is 0 Å². The van der Waals surface area contributed by atoms with Gasteiger partial charge in [-0.25, -0.2) is 0 Å². The van der Waals surface area contributed by atoms with Gasteiger partial charge in [0.05, 0.1) is 7.11 Å². The summed E-state index contributed by atoms with van der Waals surface area (Å²) in [6.07, 6.45) is 0. The quantitative estimate of drug-likeness (QED) is 0.591. The fraction of sp³-hybridized carbons (Fsp3) is 0.333. The number of benzene rings is 1. The normalized spacial score (nSPS) is 9.83. The standard InChI is InChI=1S/C9H12OS2/c1-10-9-4-2-8(3-5-9)6-12-7-11/h2-5,11H,6-7H2,1H3. The summed E-state index contributed by atoms with van der Waals surface area (Å²) in [6, 6.07) is 8.12. The minimum Gasteiger partial charge on any atom is -0.497 e. The van der Waals surface area contributed by atoms with Crippen LogP contribution in [0.25, 0.3) is 0 Å². The van der Waals surface area contributed by atoms with Gasteiger partial charge < -0.3 is 4.74 Å². The van der Waals surface area contributed by atoms with Gasteiger partial charge in [-0.15, -0.1) is 11.8 Å². The first-order chi connectivity index (χ1) is 5.86. The third-order valence-electron chi connectivity index (χ3n) is 1.52. The van der Waals surface area contributed by atoms with E-state index in [1.165, 1.54) is 5.56 Å². The van der Waals surface area contributed by atoms with Crippen molar-refractivity contribution in [1.82, 2.24) is 0 Å². The molecule has 0 amide bonds. The second-order valence-electron chi connectivity index (χ2n) is 2.33. The number of hydrogen-bond donors (Lipinski definition) is 1. The molecule has 1 aromatic rings. The van der Waals surface area contributed by atoms with Gasteiger partial charge in [-0.1, -0.05) is 12.1 Å². The Hall–Kier alpha value is -0.280. The van der Waals surface area contributed by atoms with Crippen molar-refractivity contribution in [2.75, 3.05) is 12.2 Å².